The standard InChI is InChI=1S/C19H23BrN4O/c1-15-16(3-2-8-21-15)13-23-9-11-24(12-10-23)14-19(25)22-18-6-4-17(20)5-7-18/h2-8H,9-14H2,1H3,(H,22,25). The zero-order valence-electron chi connectivity index (χ0n) is 14.4. The number of aromatic nitrogens is 1. The molecule has 1 amide bonds. The highest BCUT2D eigenvalue weighted by atomic mass is 79.9. The molecular formula is C19H23BrN4O. The fourth-order valence-electron chi connectivity index (χ4n) is 2.97. The second-order valence-electron chi connectivity index (χ2n) is 6.36. The molecule has 1 aromatic carbocycles. The molecule has 1 N–H and O–H groups in total. The van der Waals surface area contributed by atoms with Crippen LogP contribution in [0.5, 0.6) is 0 Å². The SMILES string of the molecule is Cc1ncccc1CN1CCN(CC(=O)Nc2ccc(Br)cc2)CC1. The summed E-state index contributed by atoms with van der Waals surface area (Å²) in [4.78, 5) is 21.2. The number of pyridine rings is 1. The number of hydrogen-bond donors (Lipinski definition) is 1. The van der Waals surface area contributed by atoms with Gasteiger partial charge in [0.25, 0.3) is 0 Å². The first-order chi connectivity index (χ1) is 12.1. The van der Waals surface area contributed by atoms with E-state index in [1.165, 1.54) is 5.56 Å². The minimum absolute atomic E-state index is 0.0406. The molecule has 1 aromatic heterocycles. The first-order valence-electron chi connectivity index (χ1n) is 8.51. The smallest absolute Gasteiger partial charge is 0.238 e. The molecule has 0 saturated carbocycles. The molecule has 0 unspecified atom stereocenters. The molecule has 2 aromatic rings. The van der Waals surface area contributed by atoms with Crippen molar-refractivity contribution in [2.75, 3.05) is 38.0 Å². The van der Waals surface area contributed by atoms with Gasteiger partial charge in [-0.15, -0.1) is 0 Å². The van der Waals surface area contributed by atoms with E-state index in [1.807, 2.05) is 36.5 Å². The minimum atomic E-state index is 0.0406. The lowest BCUT2D eigenvalue weighted by Crippen LogP contribution is -2.48. The van der Waals surface area contributed by atoms with Crippen LogP contribution in [0.3, 0.4) is 0 Å². The normalized spacial score (nSPS) is 15.9. The predicted molar refractivity (Wildman–Crippen MR) is 103 cm³/mol. The Morgan fingerprint density at radius 3 is 2.48 bits per heavy atom. The van der Waals surface area contributed by atoms with E-state index in [0.29, 0.717) is 6.54 Å². The van der Waals surface area contributed by atoms with Crippen LogP contribution < -0.4 is 5.32 Å². The number of halogens is 1. The van der Waals surface area contributed by atoms with E-state index in [9.17, 15) is 4.79 Å². The number of aryl methyl sites for hydroxylation is 1. The van der Waals surface area contributed by atoms with Crippen molar-refractivity contribution in [2.45, 2.75) is 13.5 Å². The van der Waals surface area contributed by atoms with Gasteiger partial charge in [0.2, 0.25) is 5.91 Å². The lowest BCUT2D eigenvalue weighted by molar-refractivity contribution is -0.117. The van der Waals surface area contributed by atoms with Gasteiger partial charge in [-0.25, -0.2) is 0 Å². The van der Waals surface area contributed by atoms with E-state index >= 15 is 0 Å². The van der Waals surface area contributed by atoms with Crippen molar-refractivity contribution in [3.8, 4) is 0 Å². The molecule has 0 aliphatic carbocycles. The van der Waals surface area contributed by atoms with Crippen molar-refractivity contribution in [3.05, 3.63) is 58.3 Å². The van der Waals surface area contributed by atoms with Gasteiger partial charge in [0.1, 0.15) is 0 Å². The molecular weight excluding hydrogens is 380 g/mol. The van der Waals surface area contributed by atoms with Gasteiger partial charge < -0.3 is 5.32 Å². The van der Waals surface area contributed by atoms with Gasteiger partial charge >= 0.3 is 0 Å². The summed E-state index contributed by atoms with van der Waals surface area (Å²) in [7, 11) is 0. The number of rotatable bonds is 5. The number of nitrogens with one attached hydrogen (secondary N) is 1. The summed E-state index contributed by atoms with van der Waals surface area (Å²) >= 11 is 3.40. The van der Waals surface area contributed by atoms with E-state index in [0.717, 1.165) is 48.6 Å². The maximum atomic E-state index is 12.2. The van der Waals surface area contributed by atoms with Crippen LogP contribution in [-0.4, -0.2) is 53.4 Å². The number of benzene rings is 1. The average molecular weight is 403 g/mol. The molecule has 1 saturated heterocycles. The quantitative estimate of drug-likeness (QED) is 0.834. The molecule has 6 heteroatoms. The second-order valence-corrected chi connectivity index (χ2v) is 7.27. The summed E-state index contributed by atoms with van der Waals surface area (Å²) in [6.45, 7) is 7.19. The highest BCUT2D eigenvalue weighted by Gasteiger charge is 2.19. The van der Waals surface area contributed by atoms with Crippen molar-refractivity contribution >= 4 is 27.5 Å². The summed E-state index contributed by atoms with van der Waals surface area (Å²) in [5.74, 6) is 0.0406. The van der Waals surface area contributed by atoms with Crippen LogP contribution in [0.25, 0.3) is 0 Å². The number of amides is 1. The zero-order chi connectivity index (χ0) is 17.6. The third-order valence-electron chi connectivity index (χ3n) is 4.47. The summed E-state index contributed by atoms with van der Waals surface area (Å²) in [6.07, 6.45) is 1.83. The van der Waals surface area contributed by atoms with Crippen LogP contribution in [0.1, 0.15) is 11.3 Å². The molecule has 0 spiro atoms. The number of piperazine rings is 1. The maximum absolute atomic E-state index is 12.2. The number of carbonyl (C=O) groups excluding carboxylic acids is 1. The van der Waals surface area contributed by atoms with Gasteiger partial charge in [0.05, 0.1) is 6.54 Å². The Morgan fingerprint density at radius 1 is 1.12 bits per heavy atom. The van der Waals surface area contributed by atoms with Gasteiger partial charge in [0, 0.05) is 54.8 Å². The Bertz CT molecular complexity index is 712. The third kappa shape index (κ3) is 5.36. The first-order valence-corrected chi connectivity index (χ1v) is 9.30. The topological polar surface area (TPSA) is 48.5 Å². The van der Waals surface area contributed by atoms with Crippen LogP contribution in [0.15, 0.2) is 47.1 Å². The van der Waals surface area contributed by atoms with Crippen molar-refractivity contribution in [3.63, 3.8) is 0 Å². The molecule has 1 fully saturated rings. The molecule has 0 atom stereocenters. The Hall–Kier alpha value is -1.76. The summed E-state index contributed by atoms with van der Waals surface area (Å²) in [5, 5.41) is 2.95. The van der Waals surface area contributed by atoms with E-state index in [4.69, 9.17) is 0 Å². The molecule has 132 valence electrons. The molecule has 0 bridgehead atoms. The van der Waals surface area contributed by atoms with Gasteiger partial charge in [-0.05, 0) is 42.8 Å². The molecule has 5 nitrogen and oxygen atoms in total. The van der Waals surface area contributed by atoms with E-state index in [1.54, 1.807) is 0 Å². The first kappa shape index (κ1) is 18.0. The molecule has 1 aliphatic heterocycles. The highest BCUT2D eigenvalue weighted by Crippen LogP contribution is 2.14. The Morgan fingerprint density at radius 2 is 1.80 bits per heavy atom. The number of hydrogen-bond acceptors (Lipinski definition) is 4. The molecule has 1 aliphatic rings. The van der Waals surface area contributed by atoms with Crippen molar-refractivity contribution in [1.82, 2.24) is 14.8 Å². The summed E-state index contributed by atoms with van der Waals surface area (Å²) in [6, 6.07) is 11.8. The van der Waals surface area contributed by atoms with Crippen LogP contribution in [0, 0.1) is 6.92 Å². The Labute approximate surface area is 157 Å². The van der Waals surface area contributed by atoms with Crippen LogP contribution in [0.4, 0.5) is 5.69 Å². The largest absolute Gasteiger partial charge is 0.325 e. The maximum Gasteiger partial charge on any atom is 0.238 e. The highest BCUT2D eigenvalue weighted by molar-refractivity contribution is 9.10. The van der Waals surface area contributed by atoms with Gasteiger partial charge in [0.15, 0.2) is 0 Å². The number of carbonyl (C=O) groups is 1. The third-order valence-corrected chi connectivity index (χ3v) is 5.00. The second kappa shape index (κ2) is 8.56. The monoisotopic (exact) mass is 402 g/mol. The van der Waals surface area contributed by atoms with Gasteiger partial charge in [-0.1, -0.05) is 22.0 Å². The van der Waals surface area contributed by atoms with Gasteiger partial charge in [-0.2, -0.15) is 0 Å². The number of anilines is 1. The fraction of sp³-hybridized carbons (Fsp3) is 0.368. The van der Waals surface area contributed by atoms with E-state index in [-0.39, 0.29) is 5.91 Å². The zero-order valence-corrected chi connectivity index (χ0v) is 16.0. The van der Waals surface area contributed by atoms with Gasteiger partial charge in [-0.3, -0.25) is 19.6 Å². The van der Waals surface area contributed by atoms with Crippen molar-refractivity contribution < 1.29 is 4.79 Å². The average Bonchev–Trinajstić information content (AvgIpc) is 2.61. The van der Waals surface area contributed by atoms with Crippen molar-refractivity contribution in [1.29, 1.82) is 0 Å². The lowest BCUT2D eigenvalue weighted by atomic mass is 10.2. The van der Waals surface area contributed by atoms with Crippen molar-refractivity contribution in [2.24, 2.45) is 0 Å². The van der Waals surface area contributed by atoms with E-state index < -0.39 is 0 Å². The molecule has 25 heavy (non-hydrogen) atoms. The van der Waals surface area contributed by atoms with Crippen LogP contribution in [-0.2, 0) is 11.3 Å². The van der Waals surface area contributed by atoms with E-state index in [2.05, 4.69) is 49.0 Å². The molecule has 2 heterocycles. The molecule has 0 radical (unpaired) electrons. The fourth-order valence-corrected chi connectivity index (χ4v) is 3.23. The summed E-state index contributed by atoms with van der Waals surface area (Å²) in [5.41, 5.74) is 3.21. The van der Waals surface area contributed by atoms with Crippen LogP contribution >= 0.6 is 15.9 Å². The number of nitrogens with zero attached hydrogens (tertiary/aromatic N) is 3. The van der Waals surface area contributed by atoms with Crippen LogP contribution in [0.2, 0.25) is 0 Å². The Kier molecular flexibility index (Phi) is 6.18. The summed E-state index contributed by atoms with van der Waals surface area (Å²) < 4.78 is 1.01. The predicted octanol–water partition coefficient (Wildman–Crippen LogP) is 2.91. The Balaban J connectivity index is 1.43. The minimum Gasteiger partial charge on any atom is -0.325 e. The molecule has 3 rings (SSSR count). The lowest BCUT2D eigenvalue weighted by Gasteiger charge is -2.34.